The predicted octanol–water partition coefficient (Wildman–Crippen LogP) is 8.80. The number of thiazole rings is 1. The molecule has 1 saturated heterocycles. The average Bonchev–Trinajstić information content (AvgIpc) is 3.61. The largest absolute Gasteiger partial charge is 0.416 e. The molecule has 2 amide bonds. The Labute approximate surface area is 276 Å². The van der Waals surface area contributed by atoms with Gasteiger partial charge in [-0.1, -0.05) is 91.0 Å². The van der Waals surface area contributed by atoms with E-state index in [1.54, 1.807) is 34.5 Å². The number of piperidine rings is 1. The average molecular weight is 654 g/mol. The van der Waals surface area contributed by atoms with E-state index in [9.17, 15) is 22.8 Å². The Morgan fingerprint density at radius 2 is 1.43 bits per heavy atom. The summed E-state index contributed by atoms with van der Waals surface area (Å²) in [5.41, 5.74) is 3.71. The Balaban J connectivity index is 1.04. The Morgan fingerprint density at radius 3 is 2.04 bits per heavy atom. The SMILES string of the molecule is O=C(NCCC(c1ccccc1)c1ccccc1)c1csc(C2CCN(C(=O)c3ccccc3-c3ccc(C(F)(F)F)cc3)CC2)n1. The van der Waals surface area contributed by atoms with E-state index >= 15 is 0 Å². The predicted molar refractivity (Wildman–Crippen MR) is 179 cm³/mol. The fraction of sp³-hybridized carbons (Fsp3) is 0.237. The van der Waals surface area contributed by atoms with Crippen LogP contribution in [-0.2, 0) is 6.18 Å². The summed E-state index contributed by atoms with van der Waals surface area (Å²) in [7, 11) is 0. The zero-order valence-corrected chi connectivity index (χ0v) is 26.4. The number of halogens is 3. The van der Waals surface area contributed by atoms with Crippen molar-refractivity contribution in [3.05, 3.63) is 148 Å². The molecule has 1 aliphatic rings. The topological polar surface area (TPSA) is 62.3 Å². The van der Waals surface area contributed by atoms with Gasteiger partial charge in [-0.25, -0.2) is 4.98 Å². The van der Waals surface area contributed by atoms with E-state index in [0.29, 0.717) is 54.9 Å². The number of hydrogen-bond acceptors (Lipinski definition) is 4. The maximum Gasteiger partial charge on any atom is 0.416 e. The lowest BCUT2D eigenvalue weighted by Gasteiger charge is -2.31. The molecular weight excluding hydrogens is 619 g/mol. The summed E-state index contributed by atoms with van der Waals surface area (Å²) in [4.78, 5) is 33.1. The number of nitrogens with zero attached hydrogens (tertiary/aromatic N) is 2. The molecule has 1 aromatic heterocycles. The maximum absolute atomic E-state index is 13.6. The second-order valence-electron chi connectivity index (χ2n) is 11.7. The third-order valence-electron chi connectivity index (χ3n) is 8.69. The van der Waals surface area contributed by atoms with Crippen LogP contribution in [0.15, 0.2) is 115 Å². The van der Waals surface area contributed by atoms with Gasteiger partial charge in [-0.05, 0) is 59.7 Å². The fourth-order valence-corrected chi connectivity index (χ4v) is 7.13. The second kappa shape index (κ2) is 14.3. The molecule has 240 valence electrons. The monoisotopic (exact) mass is 653 g/mol. The molecule has 0 radical (unpaired) electrons. The standard InChI is InChI=1S/C38H34F3N3O2S/c39-38(40,41)30-17-15-28(16-18-30)32-13-7-8-14-33(32)37(46)44-23-20-29(21-24-44)36-43-34(25-47-36)35(45)42-22-19-31(26-9-3-1-4-10-26)27-11-5-2-6-12-27/h1-18,25,29,31H,19-24H2,(H,42,45). The minimum Gasteiger partial charge on any atom is -0.351 e. The van der Waals surface area contributed by atoms with E-state index in [0.717, 1.165) is 23.6 Å². The van der Waals surface area contributed by atoms with Gasteiger partial charge in [-0.15, -0.1) is 11.3 Å². The van der Waals surface area contributed by atoms with Crippen molar-refractivity contribution >= 4 is 23.2 Å². The first kappa shape index (κ1) is 32.2. The number of carbonyl (C=O) groups excluding carboxylic acids is 2. The third kappa shape index (κ3) is 7.63. The van der Waals surface area contributed by atoms with E-state index in [-0.39, 0.29) is 23.7 Å². The van der Waals surface area contributed by atoms with Crippen LogP contribution in [0.4, 0.5) is 13.2 Å². The van der Waals surface area contributed by atoms with Crippen molar-refractivity contribution in [3.63, 3.8) is 0 Å². The van der Waals surface area contributed by atoms with Gasteiger partial charge in [0, 0.05) is 42.4 Å². The van der Waals surface area contributed by atoms with Gasteiger partial charge in [0.25, 0.3) is 11.8 Å². The van der Waals surface area contributed by atoms with Gasteiger partial charge < -0.3 is 10.2 Å². The quantitative estimate of drug-likeness (QED) is 0.173. The summed E-state index contributed by atoms with van der Waals surface area (Å²) < 4.78 is 39.2. The van der Waals surface area contributed by atoms with Crippen LogP contribution in [0.5, 0.6) is 0 Å². The Bertz CT molecular complexity index is 1760. The summed E-state index contributed by atoms with van der Waals surface area (Å²) in [6.45, 7) is 1.55. The Hall–Kier alpha value is -4.76. The van der Waals surface area contributed by atoms with Crippen molar-refractivity contribution in [1.82, 2.24) is 15.2 Å². The molecular formula is C38H34F3N3O2S. The van der Waals surface area contributed by atoms with E-state index in [4.69, 9.17) is 0 Å². The molecule has 0 aliphatic carbocycles. The van der Waals surface area contributed by atoms with E-state index in [1.807, 2.05) is 36.4 Å². The Kier molecular flexibility index (Phi) is 9.82. The zero-order valence-electron chi connectivity index (χ0n) is 25.6. The van der Waals surface area contributed by atoms with Crippen molar-refractivity contribution < 1.29 is 22.8 Å². The van der Waals surface area contributed by atoms with Crippen molar-refractivity contribution in [1.29, 1.82) is 0 Å². The fourth-order valence-electron chi connectivity index (χ4n) is 6.16. The minimum atomic E-state index is -4.42. The lowest BCUT2D eigenvalue weighted by Crippen LogP contribution is -2.38. The van der Waals surface area contributed by atoms with Gasteiger partial charge in [-0.2, -0.15) is 13.2 Å². The minimum absolute atomic E-state index is 0.135. The van der Waals surface area contributed by atoms with Crippen molar-refractivity contribution in [2.45, 2.75) is 37.3 Å². The number of carbonyl (C=O) groups is 2. The first-order chi connectivity index (χ1) is 22.8. The molecule has 5 nitrogen and oxygen atoms in total. The smallest absolute Gasteiger partial charge is 0.351 e. The summed E-state index contributed by atoms with van der Waals surface area (Å²) in [5.74, 6) is -0.0443. The molecule has 4 aromatic carbocycles. The molecule has 6 rings (SSSR count). The van der Waals surface area contributed by atoms with Gasteiger partial charge >= 0.3 is 6.18 Å². The second-order valence-corrected chi connectivity index (χ2v) is 12.6. The van der Waals surface area contributed by atoms with Crippen LogP contribution in [0.3, 0.4) is 0 Å². The highest BCUT2D eigenvalue weighted by Crippen LogP contribution is 2.34. The summed E-state index contributed by atoms with van der Waals surface area (Å²) in [6, 6.07) is 32.5. The highest BCUT2D eigenvalue weighted by atomic mass is 32.1. The van der Waals surface area contributed by atoms with Crippen LogP contribution in [0.25, 0.3) is 11.1 Å². The van der Waals surface area contributed by atoms with Crippen LogP contribution in [0, 0.1) is 0 Å². The van der Waals surface area contributed by atoms with E-state index in [1.165, 1.54) is 34.6 Å². The first-order valence-electron chi connectivity index (χ1n) is 15.7. The number of nitrogens with one attached hydrogen (secondary N) is 1. The molecule has 0 saturated carbocycles. The molecule has 5 aromatic rings. The van der Waals surface area contributed by atoms with Crippen molar-refractivity contribution in [2.75, 3.05) is 19.6 Å². The molecule has 1 fully saturated rings. The highest BCUT2D eigenvalue weighted by Gasteiger charge is 2.31. The number of rotatable bonds is 9. The number of alkyl halides is 3. The molecule has 0 unspecified atom stereocenters. The van der Waals surface area contributed by atoms with Crippen LogP contribution >= 0.6 is 11.3 Å². The van der Waals surface area contributed by atoms with Crippen LogP contribution < -0.4 is 5.32 Å². The van der Waals surface area contributed by atoms with Gasteiger partial charge in [0.2, 0.25) is 0 Å². The van der Waals surface area contributed by atoms with E-state index in [2.05, 4.69) is 34.6 Å². The lowest BCUT2D eigenvalue weighted by atomic mass is 9.88. The number of aromatic nitrogens is 1. The zero-order chi connectivity index (χ0) is 32.8. The summed E-state index contributed by atoms with van der Waals surface area (Å²) in [5, 5.41) is 5.74. The molecule has 2 heterocycles. The normalized spacial score (nSPS) is 13.9. The van der Waals surface area contributed by atoms with Crippen molar-refractivity contribution in [3.8, 4) is 11.1 Å². The Morgan fingerprint density at radius 1 is 0.830 bits per heavy atom. The van der Waals surface area contributed by atoms with Crippen molar-refractivity contribution in [2.24, 2.45) is 0 Å². The van der Waals surface area contributed by atoms with E-state index < -0.39 is 11.7 Å². The molecule has 0 bridgehead atoms. The maximum atomic E-state index is 13.6. The highest BCUT2D eigenvalue weighted by molar-refractivity contribution is 7.09. The summed E-state index contributed by atoms with van der Waals surface area (Å²) in [6.07, 6.45) is -2.25. The number of amides is 2. The van der Waals surface area contributed by atoms with Gasteiger partial charge in [0.15, 0.2) is 0 Å². The summed E-state index contributed by atoms with van der Waals surface area (Å²) >= 11 is 1.47. The van der Waals surface area contributed by atoms with Gasteiger partial charge in [0.1, 0.15) is 5.69 Å². The molecule has 47 heavy (non-hydrogen) atoms. The molecule has 0 spiro atoms. The van der Waals surface area contributed by atoms with Gasteiger partial charge in [-0.3, -0.25) is 9.59 Å². The van der Waals surface area contributed by atoms with Gasteiger partial charge in [0.05, 0.1) is 10.6 Å². The van der Waals surface area contributed by atoms with Crippen LogP contribution in [0.2, 0.25) is 0 Å². The molecule has 1 N–H and O–H groups in total. The molecule has 0 atom stereocenters. The number of likely N-dealkylation sites (tertiary alicyclic amines) is 1. The number of hydrogen-bond donors (Lipinski definition) is 1. The number of benzene rings is 4. The lowest BCUT2D eigenvalue weighted by molar-refractivity contribution is -0.137. The third-order valence-corrected chi connectivity index (χ3v) is 9.70. The van der Waals surface area contributed by atoms with Crippen LogP contribution in [0.1, 0.15) is 73.6 Å². The molecule has 9 heteroatoms. The van der Waals surface area contributed by atoms with Crippen LogP contribution in [-0.4, -0.2) is 41.3 Å². The molecule has 1 aliphatic heterocycles. The first-order valence-corrected chi connectivity index (χ1v) is 16.6.